The number of amides is 1. The van der Waals surface area contributed by atoms with Crippen LogP contribution in [0, 0.1) is 0 Å². The first-order valence-corrected chi connectivity index (χ1v) is 7.26. The number of thiocarbonyl (C=S) groups is 1. The summed E-state index contributed by atoms with van der Waals surface area (Å²) >= 11 is 6.53. The third-order valence-corrected chi connectivity index (χ3v) is 4.18. The smallest absolute Gasteiger partial charge is 0.266 e. The van der Waals surface area contributed by atoms with E-state index in [-0.39, 0.29) is 5.91 Å². The van der Waals surface area contributed by atoms with Crippen LogP contribution in [0.4, 0.5) is 0 Å². The van der Waals surface area contributed by atoms with E-state index in [1.807, 2.05) is 30.3 Å². The zero-order valence-corrected chi connectivity index (χ0v) is 12.9. The lowest BCUT2D eigenvalue weighted by Crippen LogP contribution is -2.31. The fourth-order valence-corrected chi connectivity index (χ4v) is 3.04. The first kappa shape index (κ1) is 15.0. The average Bonchev–Trinajstić information content (AvgIpc) is 2.72. The molecule has 4 nitrogen and oxygen atoms in total. The Bertz CT molecular complexity index is 540. The molecular weight excluding hydrogens is 294 g/mol. The van der Waals surface area contributed by atoms with Crippen LogP contribution in [0.5, 0.6) is 5.75 Å². The Morgan fingerprint density at radius 2 is 2.00 bits per heavy atom. The Balaban J connectivity index is 2.14. The third-order valence-electron chi connectivity index (χ3n) is 2.81. The standard InChI is InChI=1S/C14H15NO3S2/c1-17-8-7-15-13(16)12(20-14(15)19)9-10-3-5-11(18-2)6-4-10/h3-6,9H,7-8H2,1-2H3/b12-9-. The van der Waals surface area contributed by atoms with E-state index in [0.717, 1.165) is 11.3 Å². The van der Waals surface area contributed by atoms with Crippen molar-refractivity contribution in [2.45, 2.75) is 0 Å². The van der Waals surface area contributed by atoms with Crippen molar-refractivity contribution in [2.24, 2.45) is 0 Å². The summed E-state index contributed by atoms with van der Waals surface area (Å²) < 4.78 is 10.7. The van der Waals surface area contributed by atoms with Gasteiger partial charge >= 0.3 is 0 Å². The van der Waals surface area contributed by atoms with Gasteiger partial charge in [0.25, 0.3) is 5.91 Å². The minimum Gasteiger partial charge on any atom is -0.497 e. The number of carbonyl (C=O) groups is 1. The highest BCUT2D eigenvalue weighted by Crippen LogP contribution is 2.32. The minimum absolute atomic E-state index is 0.0622. The molecule has 106 valence electrons. The number of hydrogen-bond acceptors (Lipinski definition) is 5. The Kier molecular flexibility index (Phi) is 5.17. The van der Waals surface area contributed by atoms with Gasteiger partial charge in [0.15, 0.2) is 0 Å². The summed E-state index contributed by atoms with van der Waals surface area (Å²) in [6, 6.07) is 7.52. The van der Waals surface area contributed by atoms with E-state index in [9.17, 15) is 4.79 Å². The average molecular weight is 309 g/mol. The van der Waals surface area contributed by atoms with Crippen LogP contribution in [0.1, 0.15) is 5.56 Å². The molecule has 1 aliphatic rings. The Hall–Kier alpha value is -1.37. The number of rotatable bonds is 5. The summed E-state index contributed by atoms with van der Waals surface area (Å²) in [6.45, 7) is 0.962. The predicted octanol–water partition coefficient (Wildman–Crippen LogP) is 2.54. The molecule has 1 heterocycles. The molecule has 1 amide bonds. The summed E-state index contributed by atoms with van der Waals surface area (Å²) in [5, 5.41) is 0. The van der Waals surface area contributed by atoms with Crippen LogP contribution >= 0.6 is 24.0 Å². The normalized spacial score (nSPS) is 17.1. The molecule has 1 saturated heterocycles. The summed E-state index contributed by atoms with van der Waals surface area (Å²) in [6.07, 6.45) is 1.84. The Labute approximate surface area is 127 Å². The SMILES string of the molecule is COCCN1C(=O)/C(=C/c2ccc(OC)cc2)SC1=S. The van der Waals surface area contributed by atoms with Gasteiger partial charge in [-0.3, -0.25) is 9.69 Å². The molecule has 2 rings (SSSR count). The monoisotopic (exact) mass is 309 g/mol. The van der Waals surface area contributed by atoms with E-state index in [1.165, 1.54) is 11.8 Å². The lowest BCUT2D eigenvalue weighted by molar-refractivity contribution is -0.122. The van der Waals surface area contributed by atoms with E-state index in [1.54, 1.807) is 19.1 Å². The van der Waals surface area contributed by atoms with Gasteiger partial charge in [0.1, 0.15) is 10.1 Å². The maximum absolute atomic E-state index is 12.2. The molecule has 1 aromatic rings. The highest BCUT2D eigenvalue weighted by molar-refractivity contribution is 8.26. The second kappa shape index (κ2) is 6.88. The molecule has 0 atom stereocenters. The number of thioether (sulfide) groups is 1. The fraction of sp³-hybridized carbons (Fsp3) is 0.286. The van der Waals surface area contributed by atoms with Crippen molar-refractivity contribution in [1.29, 1.82) is 0 Å². The molecule has 0 aliphatic carbocycles. The summed E-state index contributed by atoms with van der Waals surface area (Å²) in [7, 11) is 3.22. The van der Waals surface area contributed by atoms with E-state index >= 15 is 0 Å². The zero-order valence-electron chi connectivity index (χ0n) is 11.3. The first-order chi connectivity index (χ1) is 9.65. The van der Waals surface area contributed by atoms with E-state index in [4.69, 9.17) is 21.7 Å². The largest absolute Gasteiger partial charge is 0.497 e. The second-order valence-electron chi connectivity index (χ2n) is 4.10. The highest BCUT2D eigenvalue weighted by Gasteiger charge is 2.31. The first-order valence-electron chi connectivity index (χ1n) is 6.04. The van der Waals surface area contributed by atoms with Crippen molar-refractivity contribution < 1.29 is 14.3 Å². The van der Waals surface area contributed by atoms with Gasteiger partial charge in [-0.1, -0.05) is 36.1 Å². The Morgan fingerprint density at radius 1 is 1.30 bits per heavy atom. The predicted molar refractivity (Wildman–Crippen MR) is 84.7 cm³/mol. The molecule has 0 unspecified atom stereocenters. The molecule has 0 aromatic heterocycles. The van der Waals surface area contributed by atoms with Crippen molar-refractivity contribution in [3.05, 3.63) is 34.7 Å². The van der Waals surface area contributed by atoms with Crippen molar-refractivity contribution in [2.75, 3.05) is 27.4 Å². The van der Waals surface area contributed by atoms with Gasteiger partial charge < -0.3 is 9.47 Å². The van der Waals surface area contributed by atoms with Crippen LogP contribution in [-0.2, 0) is 9.53 Å². The number of nitrogens with zero attached hydrogens (tertiary/aromatic N) is 1. The number of carbonyl (C=O) groups excluding carboxylic acids is 1. The highest BCUT2D eigenvalue weighted by atomic mass is 32.2. The second-order valence-corrected chi connectivity index (χ2v) is 5.78. The molecule has 0 radical (unpaired) electrons. The Morgan fingerprint density at radius 3 is 2.60 bits per heavy atom. The summed E-state index contributed by atoms with van der Waals surface area (Å²) in [5.74, 6) is 0.725. The quantitative estimate of drug-likeness (QED) is 0.617. The lowest BCUT2D eigenvalue weighted by atomic mass is 10.2. The van der Waals surface area contributed by atoms with Crippen LogP contribution in [-0.4, -0.2) is 42.5 Å². The van der Waals surface area contributed by atoms with Crippen LogP contribution in [0.3, 0.4) is 0 Å². The van der Waals surface area contributed by atoms with Crippen LogP contribution in [0.25, 0.3) is 6.08 Å². The van der Waals surface area contributed by atoms with Gasteiger partial charge in [-0.05, 0) is 23.8 Å². The number of benzene rings is 1. The molecule has 1 aromatic carbocycles. The van der Waals surface area contributed by atoms with Crippen LogP contribution in [0.15, 0.2) is 29.2 Å². The minimum atomic E-state index is -0.0622. The zero-order chi connectivity index (χ0) is 14.5. The third kappa shape index (κ3) is 3.39. The molecular formula is C14H15NO3S2. The van der Waals surface area contributed by atoms with Gasteiger partial charge in [0, 0.05) is 7.11 Å². The fourth-order valence-electron chi connectivity index (χ4n) is 1.73. The molecule has 1 fully saturated rings. The van der Waals surface area contributed by atoms with E-state index in [0.29, 0.717) is 22.4 Å². The maximum Gasteiger partial charge on any atom is 0.266 e. The number of methoxy groups -OCH3 is 2. The molecule has 20 heavy (non-hydrogen) atoms. The molecule has 0 saturated carbocycles. The molecule has 0 spiro atoms. The number of hydrogen-bond donors (Lipinski definition) is 0. The van der Waals surface area contributed by atoms with Gasteiger partial charge in [-0.15, -0.1) is 0 Å². The van der Waals surface area contributed by atoms with Crippen LogP contribution < -0.4 is 4.74 Å². The molecule has 0 N–H and O–H groups in total. The van der Waals surface area contributed by atoms with Crippen molar-refractivity contribution in [3.8, 4) is 5.75 Å². The van der Waals surface area contributed by atoms with Crippen molar-refractivity contribution in [3.63, 3.8) is 0 Å². The molecule has 6 heteroatoms. The van der Waals surface area contributed by atoms with Gasteiger partial charge in [-0.2, -0.15) is 0 Å². The molecule has 1 aliphatic heterocycles. The van der Waals surface area contributed by atoms with Gasteiger partial charge in [-0.25, -0.2) is 0 Å². The van der Waals surface area contributed by atoms with Crippen molar-refractivity contribution in [1.82, 2.24) is 4.90 Å². The van der Waals surface area contributed by atoms with Gasteiger partial charge in [0.05, 0.1) is 25.2 Å². The van der Waals surface area contributed by atoms with Crippen molar-refractivity contribution >= 4 is 40.3 Å². The maximum atomic E-state index is 12.2. The summed E-state index contributed by atoms with van der Waals surface area (Å²) in [4.78, 5) is 14.4. The topological polar surface area (TPSA) is 38.8 Å². The van der Waals surface area contributed by atoms with E-state index in [2.05, 4.69) is 0 Å². The van der Waals surface area contributed by atoms with Gasteiger partial charge in [0.2, 0.25) is 0 Å². The number of ether oxygens (including phenoxy) is 2. The van der Waals surface area contributed by atoms with Crippen LogP contribution in [0.2, 0.25) is 0 Å². The lowest BCUT2D eigenvalue weighted by Gasteiger charge is -2.12. The van der Waals surface area contributed by atoms with E-state index < -0.39 is 0 Å². The summed E-state index contributed by atoms with van der Waals surface area (Å²) in [5.41, 5.74) is 0.943. The molecule has 0 bridgehead atoms.